The van der Waals surface area contributed by atoms with E-state index in [1.807, 2.05) is 72.8 Å². The van der Waals surface area contributed by atoms with Gasteiger partial charge in [-0.15, -0.1) is 0 Å². The Balaban J connectivity index is 1.37. The number of amidine groups is 2. The van der Waals surface area contributed by atoms with Crippen molar-refractivity contribution >= 4 is 52.6 Å². The van der Waals surface area contributed by atoms with Gasteiger partial charge in [0, 0.05) is 45.9 Å². The predicted octanol–water partition coefficient (Wildman–Crippen LogP) is 15.2. The van der Waals surface area contributed by atoms with Gasteiger partial charge in [-0.1, -0.05) is 194 Å². The van der Waals surface area contributed by atoms with Crippen LogP contribution in [-0.2, 0) is 14.3 Å². The average molecular weight is 1040 g/mol. The van der Waals surface area contributed by atoms with Crippen LogP contribution in [0.1, 0.15) is 159 Å². The lowest BCUT2D eigenvalue weighted by Gasteiger charge is -2.50. The van der Waals surface area contributed by atoms with Gasteiger partial charge in [-0.05, 0) is 94.6 Å². The maximum Gasteiger partial charge on any atom is 0.343 e. The van der Waals surface area contributed by atoms with Crippen LogP contribution in [-0.4, -0.2) is 52.6 Å². The monoisotopic (exact) mass is 1040 g/mol. The average Bonchev–Trinajstić information content (AvgIpc) is 3.96. The summed E-state index contributed by atoms with van der Waals surface area (Å²) in [5.74, 6) is -0.927. The Kier molecular flexibility index (Phi) is 16.3. The molecule has 0 spiro atoms. The fourth-order valence-corrected chi connectivity index (χ4v) is 12.2. The zero-order valence-corrected chi connectivity index (χ0v) is 47.8. The van der Waals surface area contributed by atoms with Crippen molar-refractivity contribution in [2.75, 3.05) is 5.32 Å². The SMILES string of the molecule is CC1CC(C(C)(C)C)C(OC(=O)C2=C(c3ccccc3)/C(=N/c3[nH]c(NC(=O)c4ccccc4)c(C(=O)OC4C(C(C)(C)C)CC(C)CC4C(C)(C)C)c3-c3ccccc3)N=C2NC(=O)c2ccccc2)C(C(C)(C)C)C1. The molecule has 2 aliphatic carbocycles. The Morgan fingerprint density at radius 3 is 1.31 bits per heavy atom. The number of nitrogens with zero attached hydrogens (tertiary/aromatic N) is 2. The van der Waals surface area contributed by atoms with Crippen LogP contribution in [0.15, 0.2) is 137 Å². The number of carbonyl (C=O) groups excluding carboxylic acids is 4. The third-order valence-electron chi connectivity index (χ3n) is 16.3. The number of hydrogen-bond acceptors (Lipinski definition) is 7. The van der Waals surface area contributed by atoms with Crippen molar-refractivity contribution in [2.45, 2.75) is 135 Å². The third kappa shape index (κ3) is 12.6. The van der Waals surface area contributed by atoms with Crippen LogP contribution in [0.2, 0.25) is 0 Å². The van der Waals surface area contributed by atoms with E-state index in [9.17, 15) is 9.59 Å². The molecule has 3 N–H and O–H groups in total. The molecule has 5 aromatic rings. The number of amides is 2. The number of H-pyrrole nitrogens is 1. The Bertz CT molecular complexity index is 2990. The molecule has 11 heteroatoms. The number of hydrogen-bond donors (Lipinski definition) is 3. The second kappa shape index (κ2) is 22.2. The number of nitrogens with one attached hydrogen (secondary N) is 3. The zero-order chi connectivity index (χ0) is 55.8. The Hall–Kier alpha value is -6.88. The normalized spacial score (nSPS) is 23.8. The Morgan fingerprint density at radius 1 is 0.519 bits per heavy atom. The summed E-state index contributed by atoms with van der Waals surface area (Å²) in [7, 11) is 0. The van der Waals surface area contributed by atoms with Gasteiger partial charge >= 0.3 is 11.9 Å². The lowest BCUT2D eigenvalue weighted by molar-refractivity contribution is -0.164. The first-order chi connectivity index (χ1) is 36.2. The van der Waals surface area contributed by atoms with Crippen molar-refractivity contribution in [2.24, 2.45) is 67.2 Å². The standard InChI is InChI=1S/C66H81N5O6/c1-39-35-45(63(3,4)5)53(46(36-39)64(6,7)8)76-61(74)51-49(41-27-19-15-20-28-41)55(68-57(51)70-59(72)43-31-23-17-24-32-43)67-56-50(42-29-21-16-22-30-42)52(58(69-56)71-60(73)44-33-25-18-26-34-44)62(75)77-54-47(65(9,10)11)37-40(2)38-48(54)66(12,13)14/h15-34,39-40,45-48,53-54,68H,35-38H2,1-14H3,(H,70,72)(H,67,69,71,73). The van der Waals surface area contributed by atoms with Crippen molar-refractivity contribution in [3.63, 3.8) is 0 Å². The van der Waals surface area contributed by atoms with E-state index >= 15 is 9.59 Å². The Labute approximate surface area is 457 Å². The van der Waals surface area contributed by atoms with Crippen molar-refractivity contribution in [1.29, 1.82) is 0 Å². The molecule has 0 bridgehead atoms. The van der Waals surface area contributed by atoms with E-state index in [4.69, 9.17) is 19.5 Å². The molecule has 0 saturated heterocycles. The molecule has 0 radical (unpaired) electrons. The first kappa shape index (κ1) is 56.3. The van der Waals surface area contributed by atoms with Crippen molar-refractivity contribution < 1.29 is 28.7 Å². The topological polar surface area (TPSA) is 151 Å². The molecule has 2 heterocycles. The lowest BCUT2D eigenvalue weighted by atomic mass is 9.59. The predicted molar refractivity (Wildman–Crippen MR) is 310 cm³/mol. The highest BCUT2D eigenvalue weighted by atomic mass is 16.5. The van der Waals surface area contributed by atoms with E-state index in [0.29, 0.717) is 45.2 Å². The van der Waals surface area contributed by atoms with Crippen LogP contribution in [0.3, 0.4) is 0 Å². The molecule has 11 nitrogen and oxygen atoms in total. The molecule has 1 aliphatic heterocycles. The molecular formula is C66H81N5O6. The smallest absolute Gasteiger partial charge is 0.343 e. The summed E-state index contributed by atoms with van der Waals surface area (Å²) in [4.78, 5) is 73.7. The highest BCUT2D eigenvalue weighted by Crippen LogP contribution is 2.52. The summed E-state index contributed by atoms with van der Waals surface area (Å²) < 4.78 is 13.9. The zero-order valence-electron chi connectivity index (χ0n) is 47.8. The number of esters is 2. The van der Waals surface area contributed by atoms with Gasteiger partial charge in [0.25, 0.3) is 11.8 Å². The Morgan fingerprint density at radius 2 is 0.896 bits per heavy atom. The van der Waals surface area contributed by atoms with Crippen molar-refractivity contribution in [3.8, 4) is 11.1 Å². The molecule has 8 rings (SSSR count). The largest absolute Gasteiger partial charge is 0.458 e. The molecule has 406 valence electrons. The highest BCUT2D eigenvalue weighted by Gasteiger charge is 2.51. The van der Waals surface area contributed by atoms with E-state index in [0.717, 1.165) is 25.7 Å². The van der Waals surface area contributed by atoms with E-state index < -0.39 is 36.0 Å². The molecule has 2 amide bonds. The minimum Gasteiger partial charge on any atom is -0.458 e. The fourth-order valence-electron chi connectivity index (χ4n) is 12.2. The van der Waals surface area contributed by atoms with Gasteiger partial charge in [-0.25, -0.2) is 19.6 Å². The maximum absolute atomic E-state index is 15.7. The maximum atomic E-state index is 15.7. The molecule has 77 heavy (non-hydrogen) atoms. The van der Waals surface area contributed by atoms with E-state index in [1.54, 1.807) is 48.5 Å². The third-order valence-corrected chi connectivity index (χ3v) is 16.3. The van der Waals surface area contributed by atoms with Gasteiger partial charge in [-0.3, -0.25) is 9.59 Å². The van der Waals surface area contributed by atoms with Crippen LogP contribution in [0.5, 0.6) is 0 Å². The molecule has 4 aromatic carbocycles. The number of rotatable bonds is 10. The van der Waals surface area contributed by atoms with Crippen LogP contribution < -0.4 is 10.6 Å². The van der Waals surface area contributed by atoms with Crippen LogP contribution in [0.4, 0.5) is 11.6 Å². The van der Waals surface area contributed by atoms with Crippen LogP contribution in [0, 0.1) is 57.2 Å². The summed E-state index contributed by atoms with van der Waals surface area (Å²) >= 11 is 0. The van der Waals surface area contributed by atoms with Gasteiger partial charge in [0.2, 0.25) is 0 Å². The van der Waals surface area contributed by atoms with E-state index in [2.05, 4.69) is 113 Å². The second-order valence-corrected chi connectivity index (χ2v) is 26.4. The van der Waals surface area contributed by atoms with Crippen LogP contribution in [0.25, 0.3) is 16.7 Å². The van der Waals surface area contributed by atoms with Gasteiger partial charge in [-0.2, -0.15) is 0 Å². The summed E-state index contributed by atoms with van der Waals surface area (Å²) in [6.07, 6.45) is 2.62. The van der Waals surface area contributed by atoms with Crippen LogP contribution >= 0.6 is 0 Å². The summed E-state index contributed by atoms with van der Waals surface area (Å²) in [5.41, 5.74) is 1.99. The number of aromatic nitrogens is 1. The van der Waals surface area contributed by atoms with Gasteiger partial charge < -0.3 is 25.1 Å². The molecule has 1 aromatic heterocycles. The lowest BCUT2D eigenvalue weighted by Crippen LogP contribution is -2.50. The van der Waals surface area contributed by atoms with E-state index in [1.165, 1.54) is 0 Å². The van der Waals surface area contributed by atoms with Gasteiger partial charge in [0.05, 0.1) is 0 Å². The van der Waals surface area contributed by atoms with E-state index in [-0.39, 0.29) is 79.8 Å². The number of benzene rings is 4. The minimum absolute atomic E-state index is 0.0247. The fraction of sp³-hybridized carbons (Fsp3) is 0.455. The van der Waals surface area contributed by atoms with Crippen molar-refractivity contribution in [1.82, 2.24) is 10.3 Å². The molecule has 2 fully saturated rings. The molecule has 4 atom stereocenters. The quantitative estimate of drug-likeness (QED) is 0.119. The first-order valence-electron chi connectivity index (χ1n) is 27.6. The summed E-state index contributed by atoms with van der Waals surface area (Å²) in [6.45, 7) is 31.1. The molecular weight excluding hydrogens is 959 g/mol. The second-order valence-electron chi connectivity index (χ2n) is 26.4. The summed E-state index contributed by atoms with van der Waals surface area (Å²) in [5, 5.41) is 6.06. The molecule has 4 unspecified atom stereocenters. The number of anilines is 1. The molecule has 2 saturated carbocycles. The number of ether oxygens (including phenoxy) is 2. The van der Waals surface area contributed by atoms with Crippen molar-refractivity contribution in [3.05, 3.63) is 149 Å². The number of aliphatic imine (C=N–C) groups is 2. The van der Waals surface area contributed by atoms with Gasteiger partial charge in [0.15, 0.2) is 11.7 Å². The molecule has 3 aliphatic rings. The first-order valence-corrected chi connectivity index (χ1v) is 27.6. The number of carbonyl (C=O) groups is 4. The highest BCUT2D eigenvalue weighted by molar-refractivity contribution is 6.45. The summed E-state index contributed by atoms with van der Waals surface area (Å²) in [6, 6.07) is 36.4. The number of aromatic amines is 1. The minimum atomic E-state index is -0.636. The van der Waals surface area contributed by atoms with Gasteiger partial charge in [0.1, 0.15) is 35.0 Å².